The number of carboxylic acids is 1. The Labute approximate surface area is 179 Å². The van der Waals surface area contributed by atoms with Crippen molar-refractivity contribution < 1.29 is 19.5 Å². The number of likely N-dealkylation sites (tertiary alicyclic amines) is 1. The first-order valence-electron chi connectivity index (χ1n) is 11.3. The third-order valence-corrected chi connectivity index (χ3v) is 6.65. The second-order valence-electron chi connectivity index (χ2n) is 8.78. The number of hydrogen-bond acceptors (Lipinski definition) is 4. The average Bonchev–Trinajstić information content (AvgIpc) is 3.32. The zero-order valence-corrected chi connectivity index (χ0v) is 18.0. The SMILES string of the molecule is CCCC(=O)[C@@H](CCc1ccccc1)N[C@H](C)C(=O)N1[C@H](C(=O)O)C[C@@H]2CCC[C@@H]21. The van der Waals surface area contributed by atoms with Gasteiger partial charge in [0.1, 0.15) is 11.8 Å². The number of nitrogens with zero attached hydrogens (tertiary/aromatic N) is 1. The van der Waals surface area contributed by atoms with Crippen LogP contribution >= 0.6 is 0 Å². The molecule has 1 saturated heterocycles. The maximum absolute atomic E-state index is 13.3. The number of carbonyl (C=O) groups is 3. The molecule has 1 amide bonds. The first-order valence-corrected chi connectivity index (χ1v) is 11.3. The van der Waals surface area contributed by atoms with Crippen molar-refractivity contribution in [1.29, 1.82) is 0 Å². The molecule has 2 fully saturated rings. The highest BCUT2D eigenvalue weighted by atomic mass is 16.4. The molecule has 164 valence electrons. The van der Waals surface area contributed by atoms with Crippen LogP contribution in [0.25, 0.3) is 0 Å². The summed E-state index contributed by atoms with van der Waals surface area (Å²) in [4.78, 5) is 39.4. The molecule has 3 rings (SSSR count). The fraction of sp³-hybridized carbons (Fsp3) is 0.625. The normalized spacial score (nSPS) is 25.0. The third kappa shape index (κ3) is 5.09. The lowest BCUT2D eigenvalue weighted by Gasteiger charge is -2.32. The molecule has 1 aliphatic heterocycles. The quantitative estimate of drug-likeness (QED) is 0.614. The molecular formula is C24H34N2O4. The van der Waals surface area contributed by atoms with Crippen LogP contribution in [0.1, 0.15) is 64.4 Å². The van der Waals surface area contributed by atoms with Crippen molar-refractivity contribution in [2.24, 2.45) is 5.92 Å². The van der Waals surface area contributed by atoms with Crippen LogP contribution in [0, 0.1) is 5.92 Å². The summed E-state index contributed by atoms with van der Waals surface area (Å²) in [6.45, 7) is 3.74. The molecule has 2 N–H and O–H groups in total. The van der Waals surface area contributed by atoms with Crippen LogP contribution in [0.5, 0.6) is 0 Å². The number of Topliss-reactive ketones (excluding diaryl/α,β-unsaturated/α-hetero) is 1. The molecule has 0 bridgehead atoms. The Bertz CT molecular complexity index is 751. The van der Waals surface area contributed by atoms with Gasteiger partial charge in [-0.15, -0.1) is 0 Å². The molecule has 1 saturated carbocycles. The molecule has 1 aliphatic carbocycles. The van der Waals surface area contributed by atoms with Crippen molar-refractivity contribution in [3.8, 4) is 0 Å². The van der Waals surface area contributed by atoms with Gasteiger partial charge in [0.25, 0.3) is 0 Å². The summed E-state index contributed by atoms with van der Waals surface area (Å²) in [5.41, 5.74) is 1.16. The van der Waals surface area contributed by atoms with E-state index >= 15 is 0 Å². The smallest absolute Gasteiger partial charge is 0.326 e. The number of fused-ring (bicyclic) bond motifs is 1. The van der Waals surface area contributed by atoms with E-state index in [0.29, 0.717) is 19.3 Å². The molecule has 5 atom stereocenters. The molecule has 6 nitrogen and oxygen atoms in total. The number of benzene rings is 1. The average molecular weight is 415 g/mol. The van der Waals surface area contributed by atoms with E-state index in [2.05, 4.69) is 5.32 Å². The molecule has 0 aromatic heterocycles. The van der Waals surface area contributed by atoms with Gasteiger partial charge >= 0.3 is 5.97 Å². The summed E-state index contributed by atoms with van der Waals surface area (Å²) in [6, 6.07) is 8.29. The van der Waals surface area contributed by atoms with E-state index in [9.17, 15) is 19.5 Å². The molecule has 6 heteroatoms. The van der Waals surface area contributed by atoms with E-state index in [1.165, 1.54) is 0 Å². The van der Waals surface area contributed by atoms with Gasteiger partial charge < -0.3 is 10.0 Å². The zero-order valence-electron chi connectivity index (χ0n) is 18.0. The Morgan fingerprint density at radius 1 is 1.20 bits per heavy atom. The topological polar surface area (TPSA) is 86.7 Å². The monoisotopic (exact) mass is 414 g/mol. The van der Waals surface area contributed by atoms with Crippen LogP contribution in [0.15, 0.2) is 30.3 Å². The summed E-state index contributed by atoms with van der Waals surface area (Å²) >= 11 is 0. The third-order valence-electron chi connectivity index (χ3n) is 6.65. The minimum atomic E-state index is -0.923. The number of aliphatic carboxylic acids is 1. The Hall–Kier alpha value is -2.21. The Balaban J connectivity index is 1.68. The molecule has 30 heavy (non-hydrogen) atoms. The molecule has 0 spiro atoms. The summed E-state index contributed by atoms with van der Waals surface area (Å²) in [5, 5.41) is 12.9. The van der Waals surface area contributed by atoms with Crippen molar-refractivity contribution in [3.05, 3.63) is 35.9 Å². The van der Waals surface area contributed by atoms with Crippen LogP contribution in [0.2, 0.25) is 0 Å². The van der Waals surface area contributed by atoms with Gasteiger partial charge in [-0.3, -0.25) is 14.9 Å². The zero-order chi connectivity index (χ0) is 21.7. The van der Waals surface area contributed by atoms with Crippen LogP contribution in [-0.2, 0) is 20.8 Å². The number of aryl methyl sites for hydroxylation is 1. The summed E-state index contributed by atoms with van der Waals surface area (Å²) in [6.07, 6.45) is 6.07. The molecule has 1 aromatic rings. The van der Waals surface area contributed by atoms with Gasteiger partial charge in [-0.05, 0) is 56.9 Å². The van der Waals surface area contributed by atoms with Gasteiger partial charge in [-0.2, -0.15) is 0 Å². The molecule has 1 aromatic carbocycles. The van der Waals surface area contributed by atoms with Crippen LogP contribution in [0.3, 0.4) is 0 Å². The lowest BCUT2D eigenvalue weighted by Crippen LogP contribution is -2.55. The number of ketones is 1. The molecule has 0 radical (unpaired) electrons. The Kier molecular flexibility index (Phi) is 7.64. The minimum absolute atomic E-state index is 0.0250. The van der Waals surface area contributed by atoms with Crippen LogP contribution < -0.4 is 5.32 Å². The first kappa shape index (κ1) is 22.5. The maximum atomic E-state index is 13.3. The second-order valence-corrected chi connectivity index (χ2v) is 8.78. The van der Waals surface area contributed by atoms with E-state index in [-0.39, 0.29) is 23.7 Å². The predicted molar refractivity (Wildman–Crippen MR) is 115 cm³/mol. The van der Waals surface area contributed by atoms with Gasteiger partial charge in [0.2, 0.25) is 5.91 Å². The van der Waals surface area contributed by atoms with Gasteiger partial charge in [-0.1, -0.05) is 43.7 Å². The van der Waals surface area contributed by atoms with Crippen LogP contribution in [-0.4, -0.2) is 51.8 Å². The number of carboxylic acid groups (broad SMARTS) is 1. The number of carbonyl (C=O) groups excluding carboxylic acids is 2. The lowest BCUT2D eigenvalue weighted by atomic mass is 9.99. The van der Waals surface area contributed by atoms with E-state index in [1.54, 1.807) is 11.8 Å². The predicted octanol–water partition coefficient (Wildman–Crippen LogP) is 3.19. The highest BCUT2D eigenvalue weighted by Crippen LogP contribution is 2.41. The standard InChI is InChI=1S/C24H34N2O4/c1-3-8-22(27)19(14-13-17-9-5-4-6-10-17)25-16(2)23(28)26-20-12-7-11-18(20)15-21(26)24(29)30/h4-6,9-10,16,18-21,25H,3,7-8,11-15H2,1-2H3,(H,29,30)/t16-,18+,19-,20+,21+/m1/s1. The van der Waals surface area contributed by atoms with Crippen molar-refractivity contribution in [2.45, 2.75) is 89.4 Å². The first-order chi connectivity index (χ1) is 14.4. The largest absolute Gasteiger partial charge is 0.480 e. The number of nitrogens with one attached hydrogen (secondary N) is 1. The van der Waals surface area contributed by atoms with Crippen molar-refractivity contribution in [1.82, 2.24) is 10.2 Å². The highest BCUT2D eigenvalue weighted by molar-refractivity contribution is 5.89. The van der Waals surface area contributed by atoms with Crippen molar-refractivity contribution in [3.63, 3.8) is 0 Å². The van der Waals surface area contributed by atoms with E-state index in [4.69, 9.17) is 0 Å². The molecular weight excluding hydrogens is 380 g/mol. The number of amides is 1. The second kappa shape index (κ2) is 10.2. The molecule has 0 unspecified atom stereocenters. The maximum Gasteiger partial charge on any atom is 0.326 e. The van der Waals surface area contributed by atoms with Crippen LogP contribution in [0.4, 0.5) is 0 Å². The summed E-state index contributed by atoms with van der Waals surface area (Å²) in [7, 11) is 0. The van der Waals surface area contributed by atoms with Crippen molar-refractivity contribution in [2.75, 3.05) is 0 Å². The fourth-order valence-corrected chi connectivity index (χ4v) is 5.14. The number of hydrogen-bond donors (Lipinski definition) is 2. The van der Waals surface area contributed by atoms with Crippen molar-refractivity contribution >= 4 is 17.7 Å². The molecule has 2 aliphatic rings. The lowest BCUT2D eigenvalue weighted by molar-refractivity contribution is -0.150. The van der Waals surface area contributed by atoms with E-state index in [1.807, 2.05) is 37.3 Å². The van der Waals surface area contributed by atoms with Gasteiger partial charge in [0.15, 0.2) is 0 Å². The Morgan fingerprint density at radius 2 is 1.93 bits per heavy atom. The number of rotatable bonds is 10. The van der Waals surface area contributed by atoms with E-state index in [0.717, 1.165) is 37.7 Å². The fourth-order valence-electron chi connectivity index (χ4n) is 5.14. The van der Waals surface area contributed by atoms with Gasteiger partial charge in [-0.25, -0.2) is 4.79 Å². The summed E-state index contributed by atoms with van der Waals surface area (Å²) < 4.78 is 0. The van der Waals surface area contributed by atoms with Gasteiger partial charge in [0.05, 0.1) is 12.1 Å². The summed E-state index contributed by atoms with van der Waals surface area (Å²) in [5.74, 6) is -0.709. The highest BCUT2D eigenvalue weighted by Gasteiger charge is 2.49. The van der Waals surface area contributed by atoms with Gasteiger partial charge in [0, 0.05) is 12.5 Å². The Morgan fingerprint density at radius 3 is 2.60 bits per heavy atom. The van der Waals surface area contributed by atoms with E-state index < -0.39 is 24.1 Å². The molecule has 1 heterocycles. The minimum Gasteiger partial charge on any atom is -0.480 e.